The number of pyridine rings is 1. The van der Waals surface area contributed by atoms with Gasteiger partial charge in [-0.1, -0.05) is 6.92 Å². The molecular weight excluding hydrogens is 252 g/mol. The van der Waals surface area contributed by atoms with E-state index >= 15 is 0 Å². The summed E-state index contributed by atoms with van der Waals surface area (Å²) in [7, 11) is 2.13. The number of nitrogens with zero attached hydrogens (tertiary/aromatic N) is 2. The van der Waals surface area contributed by atoms with Gasteiger partial charge in [0, 0.05) is 24.8 Å². The molecular formula is C15H26N4O. The van der Waals surface area contributed by atoms with E-state index in [0.29, 0.717) is 5.82 Å². The van der Waals surface area contributed by atoms with Crippen molar-refractivity contribution in [3.05, 3.63) is 23.4 Å². The number of nitrogen functional groups attached to an aromatic ring is 1. The Morgan fingerprint density at radius 3 is 3.10 bits per heavy atom. The van der Waals surface area contributed by atoms with Crippen molar-refractivity contribution in [3.63, 3.8) is 0 Å². The predicted molar refractivity (Wildman–Crippen MR) is 81.7 cm³/mol. The lowest BCUT2D eigenvalue weighted by Gasteiger charge is -2.36. The highest BCUT2D eigenvalue weighted by atomic mass is 16.5. The van der Waals surface area contributed by atoms with Gasteiger partial charge in [-0.2, -0.15) is 0 Å². The van der Waals surface area contributed by atoms with E-state index in [2.05, 4.69) is 35.2 Å². The third kappa shape index (κ3) is 3.69. The smallest absolute Gasteiger partial charge is 0.128 e. The summed E-state index contributed by atoms with van der Waals surface area (Å²) in [4.78, 5) is 6.59. The lowest BCUT2D eigenvalue weighted by atomic mass is 9.99. The molecule has 20 heavy (non-hydrogen) atoms. The molecule has 0 radical (unpaired) electrons. The number of anilines is 1. The minimum Gasteiger partial charge on any atom is -0.383 e. The van der Waals surface area contributed by atoms with Gasteiger partial charge in [-0.15, -0.1) is 0 Å². The van der Waals surface area contributed by atoms with Gasteiger partial charge in [0.25, 0.3) is 0 Å². The zero-order valence-electron chi connectivity index (χ0n) is 12.7. The fraction of sp³-hybridized carbons (Fsp3) is 0.667. The molecule has 1 aliphatic rings. The van der Waals surface area contributed by atoms with Crippen LogP contribution in [0.3, 0.4) is 0 Å². The second-order valence-corrected chi connectivity index (χ2v) is 5.59. The summed E-state index contributed by atoms with van der Waals surface area (Å²) in [6.07, 6.45) is 3.01. The number of aryl methyl sites for hydroxylation is 1. The molecule has 0 saturated carbocycles. The zero-order valence-corrected chi connectivity index (χ0v) is 12.7. The number of morpholine rings is 1. The fourth-order valence-corrected chi connectivity index (χ4v) is 2.61. The topological polar surface area (TPSA) is 63.4 Å². The maximum absolute atomic E-state index is 6.08. The Morgan fingerprint density at radius 1 is 1.60 bits per heavy atom. The first-order valence-electron chi connectivity index (χ1n) is 7.37. The van der Waals surface area contributed by atoms with Crippen LogP contribution in [0, 0.1) is 6.92 Å². The summed E-state index contributed by atoms with van der Waals surface area (Å²) in [6.45, 7) is 7.82. The number of ether oxygens (including phenoxy) is 1. The molecule has 0 spiro atoms. The second kappa shape index (κ2) is 7.02. The summed E-state index contributed by atoms with van der Waals surface area (Å²) < 4.78 is 5.97. The van der Waals surface area contributed by atoms with Crippen molar-refractivity contribution in [2.24, 2.45) is 0 Å². The number of rotatable bonds is 5. The molecule has 112 valence electrons. The molecule has 1 saturated heterocycles. The van der Waals surface area contributed by atoms with Crippen LogP contribution in [0.15, 0.2) is 12.3 Å². The summed E-state index contributed by atoms with van der Waals surface area (Å²) >= 11 is 0. The van der Waals surface area contributed by atoms with Gasteiger partial charge >= 0.3 is 0 Å². The Morgan fingerprint density at radius 2 is 2.40 bits per heavy atom. The summed E-state index contributed by atoms with van der Waals surface area (Å²) in [5, 5.41) is 3.57. The van der Waals surface area contributed by atoms with Crippen molar-refractivity contribution in [1.82, 2.24) is 15.2 Å². The summed E-state index contributed by atoms with van der Waals surface area (Å²) in [6, 6.07) is 2.22. The largest absolute Gasteiger partial charge is 0.383 e. The quantitative estimate of drug-likeness (QED) is 0.851. The molecule has 0 aliphatic carbocycles. The van der Waals surface area contributed by atoms with Crippen molar-refractivity contribution in [3.8, 4) is 0 Å². The van der Waals surface area contributed by atoms with Crippen LogP contribution in [0.2, 0.25) is 0 Å². The monoisotopic (exact) mass is 278 g/mol. The normalized spacial score (nSPS) is 21.9. The Kier molecular flexibility index (Phi) is 5.34. The molecule has 5 nitrogen and oxygen atoms in total. The van der Waals surface area contributed by atoms with Crippen LogP contribution >= 0.6 is 0 Å². The highest BCUT2D eigenvalue weighted by Gasteiger charge is 2.29. The van der Waals surface area contributed by atoms with E-state index in [0.717, 1.165) is 43.8 Å². The van der Waals surface area contributed by atoms with Gasteiger partial charge in [0.2, 0.25) is 0 Å². The molecule has 3 N–H and O–H groups in total. The number of hydrogen-bond acceptors (Lipinski definition) is 5. The highest BCUT2D eigenvalue weighted by molar-refractivity contribution is 5.43. The highest BCUT2D eigenvalue weighted by Crippen LogP contribution is 2.26. The van der Waals surface area contributed by atoms with Crippen molar-refractivity contribution in [2.45, 2.75) is 32.4 Å². The van der Waals surface area contributed by atoms with Gasteiger partial charge in [0.05, 0.1) is 18.8 Å². The lowest BCUT2D eigenvalue weighted by molar-refractivity contribution is -0.0391. The third-order valence-electron chi connectivity index (χ3n) is 3.70. The van der Waals surface area contributed by atoms with Gasteiger partial charge in [-0.05, 0) is 38.6 Å². The van der Waals surface area contributed by atoms with Gasteiger partial charge in [0.15, 0.2) is 0 Å². The van der Waals surface area contributed by atoms with E-state index in [-0.39, 0.29) is 12.1 Å². The Bertz CT molecular complexity index is 438. The molecule has 2 unspecified atom stereocenters. The van der Waals surface area contributed by atoms with Gasteiger partial charge in [-0.25, -0.2) is 4.98 Å². The maximum Gasteiger partial charge on any atom is 0.128 e. The van der Waals surface area contributed by atoms with E-state index in [9.17, 15) is 0 Å². The average Bonchev–Trinajstić information content (AvgIpc) is 2.43. The van der Waals surface area contributed by atoms with E-state index in [1.807, 2.05) is 13.1 Å². The molecule has 1 fully saturated rings. The first kappa shape index (κ1) is 15.2. The fourth-order valence-electron chi connectivity index (χ4n) is 2.61. The molecule has 1 aliphatic heterocycles. The van der Waals surface area contributed by atoms with E-state index in [1.165, 1.54) is 0 Å². The van der Waals surface area contributed by atoms with E-state index < -0.39 is 0 Å². The molecule has 0 amide bonds. The standard InChI is InChI=1S/C15H26N4O/c1-4-5-17-14(13-10-19(3)6-7-20-13)12-8-11(2)9-18-15(12)16/h8-9,13-14,17H,4-7,10H2,1-3H3,(H2,16,18). The average molecular weight is 278 g/mol. The summed E-state index contributed by atoms with van der Waals surface area (Å²) in [5.41, 5.74) is 8.26. The number of hydrogen-bond donors (Lipinski definition) is 2. The Hall–Kier alpha value is -1.17. The van der Waals surface area contributed by atoms with Crippen LogP contribution in [0.5, 0.6) is 0 Å². The van der Waals surface area contributed by atoms with Crippen LogP contribution in [0.4, 0.5) is 5.82 Å². The van der Waals surface area contributed by atoms with Crippen LogP contribution in [-0.4, -0.2) is 49.3 Å². The molecule has 0 aromatic carbocycles. The second-order valence-electron chi connectivity index (χ2n) is 5.59. The molecule has 0 bridgehead atoms. The maximum atomic E-state index is 6.08. The van der Waals surface area contributed by atoms with Crippen LogP contribution in [0.25, 0.3) is 0 Å². The van der Waals surface area contributed by atoms with Crippen molar-refractivity contribution in [2.75, 3.05) is 39.0 Å². The number of aromatic nitrogens is 1. The number of nitrogens with two attached hydrogens (primary N) is 1. The van der Waals surface area contributed by atoms with Crippen molar-refractivity contribution < 1.29 is 4.74 Å². The Labute approximate surface area is 121 Å². The van der Waals surface area contributed by atoms with Crippen LogP contribution in [-0.2, 0) is 4.74 Å². The zero-order chi connectivity index (χ0) is 14.5. The number of likely N-dealkylation sites (N-methyl/N-ethyl adjacent to an activating group) is 1. The summed E-state index contributed by atoms with van der Waals surface area (Å²) in [5.74, 6) is 0.598. The number of nitrogens with one attached hydrogen (secondary N) is 1. The minimum absolute atomic E-state index is 0.102. The van der Waals surface area contributed by atoms with Gasteiger partial charge in [-0.3, -0.25) is 0 Å². The SMILES string of the molecule is CCCNC(c1cc(C)cnc1N)C1CN(C)CCO1. The molecule has 1 aromatic heterocycles. The van der Waals surface area contributed by atoms with Crippen LogP contribution in [0.1, 0.15) is 30.5 Å². The first-order valence-corrected chi connectivity index (χ1v) is 7.37. The van der Waals surface area contributed by atoms with Crippen molar-refractivity contribution >= 4 is 5.82 Å². The minimum atomic E-state index is 0.102. The lowest BCUT2D eigenvalue weighted by Crippen LogP contribution is -2.47. The molecule has 2 rings (SSSR count). The molecule has 5 heteroatoms. The molecule has 1 aromatic rings. The van der Waals surface area contributed by atoms with E-state index in [1.54, 1.807) is 0 Å². The van der Waals surface area contributed by atoms with E-state index in [4.69, 9.17) is 10.5 Å². The van der Waals surface area contributed by atoms with Crippen LogP contribution < -0.4 is 11.1 Å². The third-order valence-corrected chi connectivity index (χ3v) is 3.70. The first-order chi connectivity index (χ1) is 9.61. The van der Waals surface area contributed by atoms with Crippen molar-refractivity contribution in [1.29, 1.82) is 0 Å². The molecule has 2 heterocycles. The Balaban J connectivity index is 2.23. The van der Waals surface area contributed by atoms with Gasteiger partial charge < -0.3 is 20.7 Å². The van der Waals surface area contributed by atoms with Gasteiger partial charge in [0.1, 0.15) is 5.82 Å². The molecule has 2 atom stereocenters. The predicted octanol–water partition coefficient (Wildman–Crippen LogP) is 1.34.